The van der Waals surface area contributed by atoms with Crippen LogP contribution in [0.3, 0.4) is 0 Å². The normalized spacial score (nSPS) is 11.0. The molecule has 0 aliphatic heterocycles. The zero-order valence-electron chi connectivity index (χ0n) is 11.9. The molecular weight excluding hydrogens is 328 g/mol. The van der Waals surface area contributed by atoms with Gasteiger partial charge >= 0.3 is 16.1 Å². The van der Waals surface area contributed by atoms with E-state index in [9.17, 15) is 13.2 Å². The van der Waals surface area contributed by atoms with Gasteiger partial charge in [0.15, 0.2) is 0 Å². The van der Waals surface area contributed by atoms with Gasteiger partial charge in [0.25, 0.3) is 0 Å². The van der Waals surface area contributed by atoms with Crippen molar-refractivity contribution in [2.45, 2.75) is 11.8 Å². The quantitative estimate of drug-likeness (QED) is 0.631. The van der Waals surface area contributed by atoms with Crippen molar-refractivity contribution < 1.29 is 22.1 Å². The third-order valence-corrected chi connectivity index (χ3v) is 4.63. The minimum atomic E-state index is -4.17. The number of carbonyl (C=O) groups excluding carboxylic acids is 1. The van der Waals surface area contributed by atoms with Crippen LogP contribution in [0.15, 0.2) is 47.4 Å². The van der Waals surface area contributed by atoms with Crippen molar-refractivity contribution in [1.29, 1.82) is 0 Å². The predicted octanol–water partition coefficient (Wildman–Crippen LogP) is 3.20. The molecule has 0 fully saturated rings. The van der Waals surface area contributed by atoms with Gasteiger partial charge in [-0.2, -0.15) is 8.42 Å². The number of methoxy groups -OCH3 is 1. The summed E-state index contributed by atoms with van der Waals surface area (Å²) in [4.78, 5) is 11.2. The molecule has 0 amide bonds. The fraction of sp³-hybridized carbons (Fsp3) is 0.133. The second-order valence-corrected chi connectivity index (χ2v) is 6.36. The second-order valence-electron chi connectivity index (χ2n) is 4.44. The van der Waals surface area contributed by atoms with Crippen molar-refractivity contribution in [2.75, 3.05) is 7.11 Å². The average molecular weight is 341 g/mol. The molecule has 2 aromatic rings. The summed E-state index contributed by atoms with van der Waals surface area (Å²) < 4.78 is 34.4. The Morgan fingerprint density at radius 1 is 1.14 bits per heavy atom. The third-order valence-electron chi connectivity index (χ3n) is 2.91. The summed E-state index contributed by atoms with van der Waals surface area (Å²) in [6.07, 6.45) is 0. The molecule has 0 N–H and O–H groups in total. The zero-order chi connectivity index (χ0) is 16.3. The van der Waals surface area contributed by atoms with Gasteiger partial charge in [0, 0.05) is 0 Å². The number of halogens is 1. The zero-order valence-corrected chi connectivity index (χ0v) is 13.4. The van der Waals surface area contributed by atoms with Gasteiger partial charge in [-0.05, 0) is 36.8 Å². The minimum Gasteiger partial charge on any atom is -0.465 e. The predicted molar refractivity (Wildman–Crippen MR) is 81.8 cm³/mol. The number of esters is 1. The van der Waals surface area contributed by atoms with E-state index in [4.69, 9.17) is 15.8 Å². The Labute approximate surface area is 133 Å². The van der Waals surface area contributed by atoms with Gasteiger partial charge in [0.1, 0.15) is 10.6 Å². The van der Waals surface area contributed by atoms with Crippen LogP contribution in [0.2, 0.25) is 5.02 Å². The van der Waals surface area contributed by atoms with E-state index in [1.165, 1.54) is 25.3 Å². The van der Waals surface area contributed by atoms with Crippen molar-refractivity contribution in [1.82, 2.24) is 0 Å². The maximum absolute atomic E-state index is 12.4. The first-order valence-electron chi connectivity index (χ1n) is 6.23. The minimum absolute atomic E-state index is 0.0405. The van der Waals surface area contributed by atoms with E-state index in [-0.39, 0.29) is 21.2 Å². The molecule has 0 aliphatic carbocycles. The number of aryl methyl sites for hydroxylation is 1. The summed E-state index contributed by atoms with van der Waals surface area (Å²) in [5.41, 5.74) is 0.727. The fourth-order valence-corrected chi connectivity index (χ4v) is 3.25. The highest BCUT2D eigenvalue weighted by molar-refractivity contribution is 7.87. The average Bonchev–Trinajstić information content (AvgIpc) is 2.49. The van der Waals surface area contributed by atoms with Crippen LogP contribution in [-0.2, 0) is 14.9 Å². The molecule has 2 rings (SSSR count). The van der Waals surface area contributed by atoms with E-state index in [0.717, 1.165) is 6.07 Å². The van der Waals surface area contributed by atoms with Crippen molar-refractivity contribution in [3.05, 3.63) is 58.6 Å². The number of carbonyl (C=O) groups is 1. The summed E-state index contributed by atoms with van der Waals surface area (Å²) in [7, 11) is -2.97. The number of hydrogen-bond acceptors (Lipinski definition) is 5. The van der Waals surface area contributed by atoms with Gasteiger partial charge in [-0.1, -0.05) is 29.8 Å². The molecule has 0 spiro atoms. The van der Waals surface area contributed by atoms with Gasteiger partial charge in [-0.3, -0.25) is 0 Å². The van der Waals surface area contributed by atoms with Gasteiger partial charge < -0.3 is 8.92 Å². The molecule has 7 heteroatoms. The van der Waals surface area contributed by atoms with Crippen LogP contribution in [-0.4, -0.2) is 21.5 Å². The molecule has 0 saturated carbocycles. The number of rotatable bonds is 4. The largest absolute Gasteiger partial charge is 0.465 e. The number of para-hydroxylation sites is 1. The molecule has 0 heterocycles. The van der Waals surface area contributed by atoms with Gasteiger partial charge in [-0.25, -0.2) is 4.79 Å². The number of hydrogen-bond donors (Lipinski definition) is 0. The number of benzene rings is 2. The van der Waals surface area contributed by atoms with Crippen molar-refractivity contribution in [2.24, 2.45) is 0 Å². The fourth-order valence-electron chi connectivity index (χ4n) is 1.75. The van der Waals surface area contributed by atoms with Crippen LogP contribution >= 0.6 is 11.6 Å². The van der Waals surface area contributed by atoms with Crippen LogP contribution in [0.25, 0.3) is 0 Å². The Kier molecular flexibility index (Phi) is 4.73. The summed E-state index contributed by atoms with van der Waals surface area (Å²) in [5, 5.41) is -0.0405. The van der Waals surface area contributed by atoms with E-state index < -0.39 is 16.1 Å². The summed E-state index contributed by atoms with van der Waals surface area (Å²) in [6.45, 7) is 1.72. The van der Waals surface area contributed by atoms with Gasteiger partial charge in [0.2, 0.25) is 0 Å². The lowest BCUT2D eigenvalue weighted by molar-refractivity contribution is 0.0600. The SMILES string of the molecule is COC(=O)c1ccc(Cl)c(S(=O)(=O)Oc2ccccc2C)c1. The van der Waals surface area contributed by atoms with Crippen LogP contribution in [0.4, 0.5) is 0 Å². The summed E-state index contributed by atoms with van der Waals surface area (Å²) in [6, 6.07) is 10.5. The maximum Gasteiger partial charge on any atom is 0.340 e. The topological polar surface area (TPSA) is 69.7 Å². The smallest absolute Gasteiger partial charge is 0.340 e. The second kappa shape index (κ2) is 6.37. The van der Waals surface area contributed by atoms with Gasteiger partial charge in [0.05, 0.1) is 17.7 Å². The Morgan fingerprint density at radius 3 is 2.45 bits per heavy atom. The Balaban J connectivity index is 2.45. The first kappa shape index (κ1) is 16.3. The summed E-state index contributed by atoms with van der Waals surface area (Å²) in [5.74, 6) is -0.467. The molecule has 0 aromatic heterocycles. The van der Waals surface area contributed by atoms with Gasteiger partial charge in [-0.15, -0.1) is 0 Å². The molecule has 0 bridgehead atoms. The van der Waals surface area contributed by atoms with Crippen LogP contribution in [0, 0.1) is 6.92 Å². The molecule has 116 valence electrons. The Morgan fingerprint density at radius 2 is 1.82 bits per heavy atom. The van der Waals surface area contributed by atoms with E-state index in [2.05, 4.69) is 4.74 Å². The van der Waals surface area contributed by atoms with E-state index in [1.54, 1.807) is 25.1 Å². The highest BCUT2D eigenvalue weighted by Crippen LogP contribution is 2.27. The molecular formula is C15H13ClO5S. The van der Waals surface area contributed by atoms with E-state index >= 15 is 0 Å². The first-order chi connectivity index (χ1) is 10.3. The Hall–Kier alpha value is -2.05. The summed E-state index contributed by atoms with van der Waals surface area (Å²) >= 11 is 5.92. The van der Waals surface area contributed by atoms with Crippen LogP contribution in [0.1, 0.15) is 15.9 Å². The molecule has 0 saturated heterocycles. The van der Waals surface area contributed by atoms with Crippen LogP contribution in [0.5, 0.6) is 5.75 Å². The van der Waals surface area contributed by atoms with Crippen molar-refractivity contribution in [3.63, 3.8) is 0 Å². The lowest BCUT2D eigenvalue weighted by Crippen LogP contribution is -2.12. The molecule has 2 aromatic carbocycles. The standard InChI is InChI=1S/C15H13ClO5S/c1-10-5-3-4-6-13(10)21-22(18,19)14-9-11(15(17)20-2)7-8-12(14)16/h3-9H,1-2H3. The lowest BCUT2D eigenvalue weighted by atomic mass is 10.2. The monoisotopic (exact) mass is 340 g/mol. The maximum atomic E-state index is 12.4. The molecule has 0 radical (unpaired) electrons. The third kappa shape index (κ3) is 3.40. The Bertz CT molecular complexity index is 814. The van der Waals surface area contributed by atoms with Crippen LogP contribution < -0.4 is 4.18 Å². The highest BCUT2D eigenvalue weighted by atomic mass is 35.5. The molecule has 22 heavy (non-hydrogen) atoms. The van der Waals surface area contributed by atoms with E-state index in [0.29, 0.717) is 5.56 Å². The van der Waals surface area contributed by atoms with Crippen molar-refractivity contribution >= 4 is 27.7 Å². The molecule has 0 aliphatic rings. The number of ether oxygens (including phenoxy) is 1. The van der Waals surface area contributed by atoms with E-state index in [1.807, 2.05) is 0 Å². The van der Waals surface area contributed by atoms with Crippen molar-refractivity contribution in [3.8, 4) is 5.75 Å². The molecule has 0 unspecified atom stereocenters. The molecule has 0 atom stereocenters. The molecule has 5 nitrogen and oxygen atoms in total. The first-order valence-corrected chi connectivity index (χ1v) is 8.02. The highest BCUT2D eigenvalue weighted by Gasteiger charge is 2.23. The lowest BCUT2D eigenvalue weighted by Gasteiger charge is -2.11.